The largest absolute Gasteiger partial charge is 0.483 e. The molecule has 0 radical (unpaired) electrons. The van der Waals surface area contributed by atoms with Crippen LogP contribution in [0.1, 0.15) is 23.2 Å². The van der Waals surface area contributed by atoms with Gasteiger partial charge in [-0.1, -0.05) is 24.3 Å². The molecule has 7 heteroatoms. The fraction of sp³-hybridized carbons (Fsp3) is 0.364. The molecule has 1 saturated heterocycles. The van der Waals surface area contributed by atoms with Gasteiger partial charge in [-0.15, -0.1) is 0 Å². The van der Waals surface area contributed by atoms with Gasteiger partial charge in [-0.3, -0.25) is 9.59 Å². The number of nitrogens with zero attached hydrogens (tertiary/aromatic N) is 1. The first-order chi connectivity index (χ1) is 14.0. The van der Waals surface area contributed by atoms with E-state index in [2.05, 4.69) is 5.32 Å². The lowest BCUT2D eigenvalue weighted by Crippen LogP contribution is -2.33. The summed E-state index contributed by atoms with van der Waals surface area (Å²) in [6, 6.07) is 12.9. The van der Waals surface area contributed by atoms with Crippen LogP contribution in [0.25, 0.3) is 0 Å². The third kappa shape index (κ3) is 4.10. The molecule has 152 valence electrons. The fourth-order valence-corrected chi connectivity index (χ4v) is 4.31. The van der Waals surface area contributed by atoms with Crippen molar-refractivity contribution in [2.24, 2.45) is 17.6 Å². The van der Waals surface area contributed by atoms with Crippen LogP contribution in [0.3, 0.4) is 0 Å². The van der Waals surface area contributed by atoms with Gasteiger partial charge in [-0.05, 0) is 48.9 Å². The number of ether oxygens (including phenoxy) is 1. The second kappa shape index (κ2) is 8.21. The fourth-order valence-electron chi connectivity index (χ4n) is 4.31. The second-order valence-electron chi connectivity index (χ2n) is 7.69. The quantitative estimate of drug-likeness (QED) is 0.812. The highest BCUT2D eigenvalue weighted by atomic mass is 19.1. The molecular formula is C22H24FN3O3. The maximum absolute atomic E-state index is 13.7. The van der Waals surface area contributed by atoms with Crippen molar-refractivity contribution in [1.29, 1.82) is 0 Å². The zero-order valence-corrected chi connectivity index (χ0v) is 16.0. The SMILES string of the molecule is NC1CCC2CN(C(=O)c3ccccc3OCC(=O)Nc3ccccc3F)CC12. The zero-order valence-electron chi connectivity index (χ0n) is 16.0. The number of halogens is 1. The molecule has 0 aromatic heterocycles. The Labute approximate surface area is 168 Å². The third-order valence-corrected chi connectivity index (χ3v) is 5.82. The topological polar surface area (TPSA) is 84.7 Å². The average Bonchev–Trinajstić information content (AvgIpc) is 3.30. The number of para-hydroxylation sites is 2. The molecule has 2 fully saturated rings. The molecule has 3 unspecified atom stereocenters. The predicted molar refractivity (Wildman–Crippen MR) is 107 cm³/mol. The Morgan fingerprint density at radius 1 is 1.10 bits per heavy atom. The number of anilines is 1. The second-order valence-corrected chi connectivity index (χ2v) is 7.69. The molecule has 2 amide bonds. The zero-order chi connectivity index (χ0) is 20.4. The molecule has 29 heavy (non-hydrogen) atoms. The number of benzene rings is 2. The summed E-state index contributed by atoms with van der Waals surface area (Å²) in [7, 11) is 0. The lowest BCUT2D eigenvalue weighted by Gasteiger charge is -2.20. The Bertz CT molecular complexity index is 920. The van der Waals surface area contributed by atoms with Crippen LogP contribution < -0.4 is 15.8 Å². The number of hydrogen-bond acceptors (Lipinski definition) is 4. The van der Waals surface area contributed by atoms with Gasteiger partial charge in [-0.25, -0.2) is 4.39 Å². The van der Waals surface area contributed by atoms with E-state index in [1.165, 1.54) is 12.1 Å². The molecule has 3 atom stereocenters. The highest BCUT2D eigenvalue weighted by molar-refractivity contribution is 5.97. The highest BCUT2D eigenvalue weighted by Gasteiger charge is 2.42. The minimum atomic E-state index is -0.519. The van der Waals surface area contributed by atoms with Crippen LogP contribution in [0.4, 0.5) is 10.1 Å². The first kappa shape index (κ1) is 19.4. The van der Waals surface area contributed by atoms with Crippen LogP contribution >= 0.6 is 0 Å². The smallest absolute Gasteiger partial charge is 0.262 e. The number of nitrogens with two attached hydrogens (primary N) is 1. The average molecular weight is 397 g/mol. The summed E-state index contributed by atoms with van der Waals surface area (Å²) < 4.78 is 19.3. The monoisotopic (exact) mass is 397 g/mol. The minimum absolute atomic E-state index is 0.0883. The van der Waals surface area contributed by atoms with E-state index in [1.54, 1.807) is 36.4 Å². The standard InChI is InChI=1S/C22H24FN3O3/c23-17-6-2-3-7-19(17)25-21(27)13-29-20-8-4-1-5-15(20)22(28)26-11-14-9-10-18(24)16(14)12-26/h1-8,14,16,18H,9-13,24H2,(H,25,27). The number of carbonyl (C=O) groups excluding carboxylic acids is 2. The number of nitrogens with one attached hydrogen (secondary N) is 1. The van der Waals surface area contributed by atoms with Crippen molar-refractivity contribution in [3.63, 3.8) is 0 Å². The van der Waals surface area contributed by atoms with Gasteiger partial charge >= 0.3 is 0 Å². The third-order valence-electron chi connectivity index (χ3n) is 5.82. The Hall–Kier alpha value is -2.93. The van der Waals surface area contributed by atoms with Crippen LogP contribution in [-0.2, 0) is 4.79 Å². The molecule has 0 spiro atoms. The van der Waals surface area contributed by atoms with Crippen LogP contribution in [0.5, 0.6) is 5.75 Å². The van der Waals surface area contributed by atoms with Gasteiger partial charge in [-0.2, -0.15) is 0 Å². The van der Waals surface area contributed by atoms with E-state index in [9.17, 15) is 14.0 Å². The summed E-state index contributed by atoms with van der Waals surface area (Å²) in [4.78, 5) is 27.0. The van der Waals surface area contributed by atoms with E-state index < -0.39 is 11.7 Å². The maximum atomic E-state index is 13.7. The van der Waals surface area contributed by atoms with Gasteiger partial charge < -0.3 is 20.7 Å². The predicted octanol–water partition coefficient (Wildman–Crippen LogP) is 2.65. The molecule has 1 aliphatic heterocycles. The van der Waals surface area contributed by atoms with Crippen molar-refractivity contribution in [1.82, 2.24) is 4.90 Å². The molecule has 1 saturated carbocycles. The number of likely N-dealkylation sites (tertiary alicyclic amines) is 1. The lowest BCUT2D eigenvalue weighted by atomic mass is 9.98. The van der Waals surface area contributed by atoms with E-state index >= 15 is 0 Å². The molecule has 4 rings (SSSR count). The number of carbonyl (C=O) groups is 2. The van der Waals surface area contributed by atoms with Gasteiger partial charge in [0, 0.05) is 19.1 Å². The molecule has 6 nitrogen and oxygen atoms in total. The van der Waals surface area contributed by atoms with Gasteiger partial charge in [0.05, 0.1) is 11.3 Å². The van der Waals surface area contributed by atoms with E-state index in [0.29, 0.717) is 36.2 Å². The van der Waals surface area contributed by atoms with E-state index in [0.717, 1.165) is 12.8 Å². The van der Waals surface area contributed by atoms with Crippen molar-refractivity contribution in [3.8, 4) is 5.75 Å². The summed E-state index contributed by atoms with van der Waals surface area (Å²) in [6.45, 7) is 1.04. The van der Waals surface area contributed by atoms with Crippen LogP contribution in [0.2, 0.25) is 0 Å². The Morgan fingerprint density at radius 3 is 2.66 bits per heavy atom. The van der Waals surface area contributed by atoms with E-state index in [4.69, 9.17) is 10.5 Å². The van der Waals surface area contributed by atoms with E-state index in [1.807, 2.05) is 4.90 Å². The Kier molecular flexibility index (Phi) is 5.49. The van der Waals surface area contributed by atoms with Gasteiger partial charge in [0.25, 0.3) is 11.8 Å². The van der Waals surface area contributed by atoms with Crippen LogP contribution in [-0.4, -0.2) is 42.5 Å². The first-order valence-electron chi connectivity index (χ1n) is 9.84. The van der Waals surface area contributed by atoms with Gasteiger partial charge in [0.15, 0.2) is 6.61 Å². The summed E-state index contributed by atoms with van der Waals surface area (Å²) >= 11 is 0. The normalized spacial score (nSPS) is 23.0. The lowest BCUT2D eigenvalue weighted by molar-refractivity contribution is -0.118. The Balaban J connectivity index is 1.40. The maximum Gasteiger partial charge on any atom is 0.262 e. The molecule has 1 heterocycles. The van der Waals surface area contributed by atoms with Crippen molar-refractivity contribution in [2.75, 3.05) is 25.0 Å². The highest BCUT2D eigenvalue weighted by Crippen LogP contribution is 2.38. The first-order valence-corrected chi connectivity index (χ1v) is 9.84. The molecular weight excluding hydrogens is 373 g/mol. The number of amides is 2. The molecule has 3 N–H and O–H groups in total. The van der Waals surface area contributed by atoms with Gasteiger partial charge in [0.1, 0.15) is 11.6 Å². The van der Waals surface area contributed by atoms with Crippen molar-refractivity contribution in [2.45, 2.75) is 18.9 Å². The summed E-state index contributed by atoms with van der Waals surface area (Å²) in [5, 5.41) is 2.47. The Morgan fingerprint density at radius 2 is 1.86 bits per heavy atom. The van der Waals surface area contributed by atoms with E-state index in [-0.39, 0.29) is 24.2 Å². The number of hydrogen-bond donors (Lipinski definition) is 2. The molecule has 1 aliphatic carbocycles. The van der Waals surface area contributed by atoms with Crippen LogP contribution in [0, 0.1) is 17.7 Å². The summed E-state index contributed by atoms with van der Waals surface area (Å²) in [5.74, 6) is 0.0275. The van der Waals surface area contributed by atoms with Crippen molar-refractivity contribution >= 4 is 17.5 Å². The molecule has 2 aliphatic rings. The van der Waals surface area contributed by atoms with Crippen LogP contribution in [0.15, 0.2) is 48.5 Å². The summed E-state index contributed by atoms with van der Waals surface area (Å²) in [5.41, 5.74) is 6.68. The molecule has 2 aromatic carbocycles. The van der Waals surface area contributed by atoms with Gasteiger partial charge in [0.2, 0.25) is 0 Å². The molecule has 2 aromatic rings. The minimum Gasteiger partial charge on any atom is -0.483 e. The summed E-state index contributed by atoms with van der Waals surface area (Å²) in [6.07, 6.45) is 2.08. The number of rotatable bonds is 5. The molecule has 0 bridgehead atoms. The van der Waals surface area contributed by atoms with Crippen molar-refractivity contribution < 1.29 is 18.7 Å². The van der Waals surface area contributed by atoms with Crippen molar-refractivity contribution in [3.05, 3.63) is 59.9 Å². The number of fused-ring (bicyclic) bond motifs is 1.